The molecule has 2 aromatic heterocycles. The quantitative estimate of drug-likeness (QED) is 0.701. The molecule has 1 aliphatic heterocycles. The van der Waals surface area contributed by atoms with Gasteiger partial charge in [-0.15, -0.1) is 0 Å². The number of hydrogen-bond donors (Lipinski definition) is 1. The van der Waals surface area contributed by atoms with E-state index in [-0.39, 0.29) is 11.7 Å². The van der Waals surface area contributed by atoms with Gasteiger partial charge in [0.2, 0.25) is 0 Å². The molecule has 1 fully saturated rings. The first-order valence-corrected chi connectivity index (χ1v) is 10.1. The highest BCUT2D eigenvalue weighted by Gasteiger charge is 2.24. The molecule has 8 heteroatoms. The van der Waals surface area contributed by atoms with Crippen LogP contribution >= 0.6 is 0 Å². The third-order valence-corrected chi connectivity index (χ3v) is 5.46. The van der Waals surface area contributed by atoms with Crippen LogP contribution in [0, 0.1) is 12.7 Å². The Morgan fingerprint density at radius 3 is 2.57 bits per heavy atom. The molecular weight excluding hydrogens is 383 g/mol. The van der Waals surface area contributed by atoms with Crippen LogP contribution in [0.1, 0.15) is 46.2 Å². The Hall–Kier alpha value is -3.13. The highest BCUT2D eigenvalue weighted by Crippen LogP contribution is 2.27. The Labute approximate surface area is 175 Å². The fourth-order valence-corrected chi connectivity index (χ4v) is 3.80. The minimum atomic E-state index is -0.344. The van der Waals surface area contributed by atoms with E-state index in [1.807, 2.05) is 31.0 Å². The molecule has 3 heterocycles. The van der Waals surface area contributed by atoms with Crippen molar-refractivity contribution in [3.8, 4) is 0 Å². The lowest BCUT2D eigenvalue weighted by Gasteiger charge is -2.31. The van der Waals surface area contributed by atoms with Gasteiger partial charge in [0.25, 0.3) is 5.91 Å². The summed E-state index contributed by atoms with van der Waals surface area (Å²) in [4.78, 5) is 24.1. The van der Waals surface area contributed by atoms with Gasteiger partial charge in [-0.05, 0) is 57.1 Å². The first-order valence-electron chi connectivity index (χ1n) is 10.1. The van der Waals surface area contributed by atoms with Gasteiger partial charge in [0.1, 0.15) is 11.6 Å². The minimum Gasteiger partial charge on any atom is -0.322 e. The molecule has 1 saturated heterocycles. The topological polar surface area (TPSA) is 75.9 Å². The molecule has 1 aromatic carbocycles. The number of nitrogens with one attached hydrogen (secondary N) is 1. The van der Waals surface area contributed by atoms with Crippen LogP contribution in [0.2, 0.25) is 0 Å². The number of piperidine rings is 1. The van der Waals surface area contributed by atoms with Gasteiger partial charge in [-0.3, -0.25) is 14.4 Å². The second-order valence-corrected chi connectivity index (χ2v) is 7.76. The number of carbonyl (C=O) groups excluding carboxylic acids is 1. The smallest absolute Gasteiger partial charge is 0.259 e. The molecule has 0 spiro atoms. The average Bonchev–Trinajstić information content (AvgIpc) is 3.14. The lowest BCUT2D eigenvalue weighted by Crippen LogP contribution is -2.33. The molecule has 1 amide bonds. The summed E-state index contributed by atoms with van der Waals surface area (Å²) >= 11 is 0. The van der Waals surface area contributed by atoms with Crippen LogP contribution in [0.5, 0.6) is 0 Å². The van der Waals surface area contributed by atoms with Crippen LogP contribution in [0.25, 0.3) is 0 Å². The van der Waals surface area contributed by atoms with E-state index in [0.29, 0.717) is 22.9 Å². The molecule has 1 N–H and O–H groups in total. The second kappa shape index (κ2) is 8.71. The summed E-state index contributed by atoms with van der Waals surface area (Å²) in [5.74, 6) is 0.454. The zero-order chi connectivity index (χ0) is 21.1. The maximum atomic E-state index is 13.0. The van der Waals surface area contributed by atoms with Crippen molar-refractivity contribution in [3.63, 3.8) is 0 Å². The maximum Gasteiger partial charge on any atom is 0.259 e. The minimum absolute atomic E-state index is 0.294. The van der Waals surface area contributed by atoms with Crippen molar-refractivity contribution in [1.29, 1.82) is 0 Å². The zero-order valence-electron chi connectivity index (χ0n) is 17.2. The van der Waals surface area contributed by atoms with Crippen LogP contribution in [0.15, 0.2) is 42.9 Å². The molecule has 7 nitrogen and oxygen atoms in total. The SMILES string of the molecule is Cc1nc(C2CCN(Cc3cnn(C)c3)CC2)ncc1C(=O)Nc1ccc(F)cc1. The molecule has 0 atom stereocenters. The first kappa shape index (κ1) is 20.2. The third-order valence-electron chi connectivity index (χ3n) is 5.46. The Balaban J connectivity index is 1.36. The molecule has 0 unspecified atom stereocenters. The predicted molar refractivity (Wildman–Crippen MR) is 112 cm³/mol. The van der Waals surface area contributed by atoms with Crippen molar-refractivity contribution < 1.29 is 9.18 Å². The molecular formula is C22H25FN6O. The Kier molecular flexibility index (Phi) is 5.85. The Morgan fingerprint density at radius 2 is 1.93 bits per heavy atom. The van der Waals surface area contributed by atoms with E-state index in [0.717, 1.165) is 38.3 Å². The van der Waals surface area contributed by atoms with E-state index in [1.165, 1.54) is 29.8 Å². The summed E-state index contributed by atoms with van der Waals surface area (Å²) < 4.78 is 14.9. The number of halogens is 1. The molecule has 0 aliphatic carbocycles. The Bertz CT molecular complexity index is 1020. The van der Waals surface area contributed by atoms with E-state index in [1.54, 1.807) is 6.20 Å². The molecule has 4 rings (SSSR count). The second-order valence-electron chi connectivity index (χ2n) is 7.76. The van der Waals surface area contributed by atoms with Gasteiger partial charge in [0.15, 0.2) is 0 Å². The van der Waals surface area contributed by atoms with E-state index in [2.05, 4.69) is 25.3 Å². The number of benzene rings is 1. The van der Waals surface area contributed by atoms with E-state index >= 15 is 0 Å². The van der Waals surface area contributed by atoms with Crippen LogP contribution < -0.4 is 5.32 Å². The maximum absolute atomic E-state index is 13.0. The van der Waals surface area contributed by atoms with Crippen molar-refractivity contribution in [2.75, 3.05) is 18.4 Å². The predicted octanol–water partition coefficient (Wildman–Crippen LogP) is 3.29. The molecule has 0 saturated carbocycles. The molecule has 0 radical (unpaired) electrons. The van der Waals surface area contributed by atoms with Crippen molar-refractivity contribution in [2.45, 2.75) is 32.2 Å². The van der Waals surface area contributed by atoms with Crippen LogP contribution in [-0.4, -0.2) is 43.6 Å². The lowest BCUT2D eigenvalue weighted by atomic mass is 9.95. The van der Waals surface area contributed by atoms with Crippen molar-refractivity contribution in [3.05, 3.63) is 71.3 Å². The van der Waals surface area contributed by atoms with Crippen LogP contribution in [-0.2, 0) is 13.6 Å². The van der Waals surface area contributed by atoms with Crippen molar-refractivity contribution in [1.82, 2.24) is 24.6 Å². The zero-order valence-corrected chi connectivity index (χ0v) is 17.2. The first-order chi connectivity index (χ1) is 14.5. The number of hydrogen-bond acceptors (Lipinski definition) is 5. The number of aryl methyl sites for hydroxylation is 2. The molecule has 156 valence electrons. The van der Waals surface area contributed by atoms with Crippen molar-refractivity contribution in [2.24, 2.45) is 7.05 Å². The van der Waals surface area contributed by atoms with E-state index < -0.39 is 0 Å². The fraction of sp³-hybridized carbons (Fsp3) is 0.364. The van der Waals surface area contributed by atoms with E-state index in [4.69, 9.17) is 0 Å². The standard InChI is InChI=1S/C22H25FN6O/c1-15-20(22(30)27-19-5-3-18(23)4-6-19)12-24-21(26-15)17-7-9-29(10-8-17)14-16-11-25-28(2)13-16/h3-6,11-13,17H,7-10,14H2,1-2H3,(H,27,30). The van der Waals surface area contributed by atoms with Gasteiger partial charge in [-0.1, -0.05) is 0 Å². The highest BCUT2D eigenvalue weighted by atomic mass is 19.1. The summed E-state index contributed by atoms with van der Waals surface area (Å²) in [6, 6.07) is 5.67. The largest absolute Gasteiger partial charge is 0.322 e. The number of carbonyl (C=O) groups is 1. The number of likely N-dealkylation sites (tertiary alicyclic amines) is 1. The number of nitrogens with zero attached hydrogens (tertiary/aromatic N) is 5. The number of aromatic nitrogens is 4. The van der Waals surface area contributed by atoms with Crippen LogP contribution in [0.3, 0.4) is 0 Å². The summed E-state index contributed by atoms with van der Waals surface area (Å²) in [6.07, 6.45) is 7.53. The van der Waals surface area contributed by atoms with Gasteiger partial charge in [-0.25, -0.2) is 14.4 Å². The fourth-order valence-electron chi connectivity index (χ4n) is 3.80. The van der Waals surface area contributed by atoms with Crippen LogP contribution in [0.4, 0.5) is 10.1 Å². The Morgan fingerprint density at radius 1 is 1.20 bits per heavy atom. The number of rotatable bonds is 5. The third kappa shape index (κ3) is 4.71. The molecule has 3 aromatic rings. The van der Waals surface area contributed by atoms with Gasteiger partial charge >= 0.3 is 0 Å². The van der Waals surface area contributed by atoms with Gasteiger partial charge in [0.05, 0.1) is 17.5 Å². The summed E-state index contributed by atoms with van der Waals surface area (Å²) in [6.45, 7) is 4.69. The van der Waals surface area contributed by atoms with E-state index in [9.17, 15) is 9.18 Å². The van der Waals surface area contributed by atoms with Gasteiger partial charge < -0.3 is 5.32 Å². The molecule has 0 bridgehead atoms. The monoisotopic (exact) mass is 408 g/mol. The average molecular weight is 408 g/mol. The molecule has 30 heavy (non-hydrogen) atoms. The summed E-state index contributed by atoms with van der Waals surface area (Å²) in [7, 11) is 1.93. The number of anilines is 1. The lowest BCUT2D eigenvalue weighted by molar-refractivity contribution is 0.102. The number of amides is 1. The normalized spacial score (nSPS) is 15.3. The van der Waals surface area contributed by atoms with Crippen molar-refractivity contribution >= 4 is 11.6 Å². The summed E-state index contributed by atoms with van der Waals surface area (Å²) in [5.41, 5.74) is 2.83. The highest BCUT2D eigenvalue weighted by molar-refractivity contribution is 6.04. The summed E-state index contributed by atoms with van der Waals surface area (Å²) in [5, 5.41) is 6.98. The van der Waals surface area contributed by atoms with Gasteiger partial charge in [0, 0.05) is 43.2 Å². The molecule has 1 aliphatic rings. The van der Waals surface area contributed by atoms with Gasteiger partial charge in [-0.2, -0.15) is 5.10 Å².